The van der Waals surface area contributed by atoms with Crippen LogP contribution in [0, 0.1) is 5.82 Å². The fraction of sp³-hybridized carbons (Fsp3) is 0.286. The molecule has 1 heterocycles. The Morgan fingerprint density at radius 2 is 1.85 bits per heavy atom. The van der Waals surface area contributed by atoms with E-state index in [1.54, 1.807) is 17.8 Å². The Kier molecular flexibility index (Phi) is 5.21. The van der Waals surface area contributed by atoms with Crippen molar-refractivity contribution < 1.29 is 14.3 Å². The summed E-state index contributed by atoms with van der Waals surface area (Å²) >= 11 is 1.77. The van der Waals surface area contributed by atoms with E-state index in [9.17, 15) is 14.3 Å². The Morgan fingerprint density at radius 3 is 2.42 bits per heavy atom. The summed E-state index contributed by atoms with van der Waals surface area (Å²) in [5.41, 5.74) is 4.54. The number of allylic oxidation sites excluding steroid dienone is 1. The van der Waals surface area contributed by atoms with Crippen molar-refractivity contribution in [3.63, 3.8) is 0 Å². The minimum Gasteiger partial charge on any atom is -0.477 e. The molecular formula is C21H23FNO2S+. The molecule has 0 spiro atoms. The molecule has 136 valence electrons. The lowest BCUT2D eigenvalue weighted by atomic mass is 9.98. The van der Waals surface area contributed by atoms with Crippen LogP contribution in [0.2, 0.25) is 0 Å². The number of benzene rings is 2. The first-order valence-electron chi connectivity index (χ1n) is 8.77. The van der Waals surface area contributed by atoms with E-state index in [1.807, 2.05) is 26.0 Å². The second-order valence-electron chi connectivity index (χ2n) is 6.42. The van der Waals surface area contributed by atoms with Crippen molar-refractivity contribution in [3.8, 4) is 0 Å². The molecule has 0 saturated heterocycles. The zero-order chi connectivity index (χ0) is 18.9. The van der Waals surface area contributed by atoms with E-state index in [-0.39, 0.29) is 16.8 Å². The third-order valence-electron chi connectivity index (χ3n) is 5.09. The molecule has 1 aliphatic rings. The van der Waals surface area contributed by atoms with Gasteiger partial charge in [-0.05, 0) is 42.5 Å². The molecule has 2 aromatic rings. The van der Waals surface area contributed by atoms with Crippen molar-refractivity contribution in [2.45, 2.75) is 25.7 Å². The third kappa shape index (κ3) is 3.06. The Hall–Kier alpha value is -2.11. The normalized spacial score (nSPS) is 18.9. The van der Waals surface area contributed by atoms with Crippen molar-refractivity contribution in [2.75, 3.05) is 18.8 Å². The first-order valence-corrected chi connectivity index (χ1v) is 9.75. The van der Waals surface area contributed by atoms with Crippen LogP contribution in [0.4, 0.5) is 10.1 Å². The summed E-state index contributed by atoms with van der Waals surface area (Å²) in [6.45, 7) is 6.61. The van der Waals surface area contributed by atoms with E-state index in [0.29, 0.717) is 6.54 Å². The molecule has 1 unspecified atom stereocenters. The number of hydrogen-bond donors (Lipinski definition) is 1. The van der Waals surface area contributed by atoms with Gasteiger partial charge in [0, 0.05) is 17.9 Å². The molecule has 3 rings (SSSR count). The van der Waals surface area contributed by atoms with Gasteiger partial charge >= 0.3 is 5.97 Å². The molecule has 1 aliphatic heterocycles. The van der Waals surface area contributed by atoms with Gasteiger partial charge in [-0.1, -0.05) is 19.1 Å². The lowest BCUT2D eigenvalue weighted by Crippen LogP contribution is -2.49. The van der Waals surface area contributed by atoms with E-state index in [2.05, 4.69) is 19.1 Å². The fourth-order valence-corrected chi connectivity index (χ4v) is 4.54. The lowest BCUT2D eigenvalue weighted by Gasteiger charge is -2.33. The molecule has 5 heteroatoms. The second kappa shape index (κ2) is 7.25. The fourth-order valence-electron chi connectivity index (χ4n) is 3.87. The predicted octanol–water partition coefficient (Wildman–Crippen LogP) is 5.14. The summed E-state index contributed by atoms with van der Waals surface area (Å²) in [6.07, 6.45) is 0. The molecule has 1 atom stereocenters. The number of thioether (sulfide) groups is 1. The van der Waals surface area contributed by atoms with Crippen molar-refractivity contribution in [1.82, 2.24) is 4.48 Å². The van der Waals surface area contributed by atoms with E-state index in [0.717, 1.165) is 33.8 Å². The number of carboxylic acid groups (broad SMARTS) is 1. The summed E-state index contributed by atoms with van der Waals surface area (Å²) in [6, 6.07) is 12.9. The monoisotopic (exact) mass is 372 g/mol. The number of fused-ring (bicyclic) bond motifs is 1. The van der Waals surface area contributed by atoms with Crippen LogP contribution in [-0.2, 0) is 4.79 Å². The van der Waals surface area contributed by atoms with Crippen LogP contribution in [0.15, 0.2) is 53.1 Å². The number of carbonyl (C=O) groups is 1. The highest BCUT2D eigenvalue weighted by molar-refractivity contribution is 7.99. The van der Waals surface area contributed by atoms with Gasteiger partial charge in [-0.3, -0.25) is 4.48 Å². The summed E-state index contributed by atoms with van der Waals surface area (Å²) in [5, 5.41) is 9.51. The summed E-state index contributed by atoms with van der Waals surface area (Å²) in [4.78, 5) is 12.8. The number of hydrogen-bond acceptors (Lipinski definition) is 2. The summed E-state index contributed by atoms with van der Waals surface area (Å²) in [7, 11) is 0. The average molecular weight is 372 g/mol. The number of likely N-dealkylation sites (N-methyl/N-ethyl adjacent to an activating group) is 1. The number of rotatable bonds is 6. The molecule has 3 nitrogen and oxygen atoms in total. The van der Waals surface area contributed by atoms with Crippen LogP contribution in [0.5, 0.6) is 0 Å². The highest BCUT2D eigenvalue weighted by Gasteiger charge is 2.44. The number of quaternary nitrogens is 1. The number of nitrogens with zero attached hydrogens (tertiary/aromatic N) is 1. The average Bonchev–Trinajstić information content (AvgIpc) is 2.84. The second-order valence-corrected chi connectivity index (χ2v) is 7.75. The summed E-state index contributed by atoms with van der Waals surface area (Å²) in [5.74, 6) is -0.167. The van der Waals surface area contributed by atoms with E-state index in [4.69, 9.17) is 0 Å². The van der Waals surface area contributed by atoms with Crippen molar-refractivity contribution in [1.29, 1.82) is 0 Å². The maximum absolute atomic E-state index is 14.0. The van der Waals surface area contributed by atoms with Gasteiger partial charge in [-0.25, -0.2) is 9.18 Å². The quantitative estimate of drug-likeness (QED) is 0.563. The van der Waals surface area contributed by atoms with Crippen LogP contribution in [-0.4, -0.2) is 29.9 Å². The smallest absolute Gasteiger partial charge is 0.360 e. The Labute approximate surface area is 157 Å². The first kappa shape index (κ1) is 18.7. The molecule has 0 fully saturated rings. The Bertz CT molecular complexity index is 876. The molecule has 0 amide bonds. The highest BCUT2D eigenvalue weighted by atomic mass is 32.2. The molecule has 26 heavy (non-hydrogen) atoms. The topological polar surface area (TPSA) is 37.3 Å². The number of aliphatic carboxylic acids is 1. The van der Waals surface area contributed by atoms with Crippen LogP contribution < -0.4 is 4.48 Å². The largest absolute Gasteiger partial charge is 0.477 e. The minimum absolute atomic E-state index is 0.0474. The summed E-state index contributed by atoms with van der Waals surface area (Å²) < 4.78 is 14.2. The van der Waals surface area contributed by atoms with Crippen molar-refractivity contribution in [3.05, 3.63) is 65.1 Å². The zero-order valence-electron chi connectivity index (χ0n) is 15.3. The van der Waals surface area contributed by atoms with Gasteiger partial charge < -0.3 is 5.11 Å². The Morgan fingerprint density at radius 1 is 1.15 bits per heavy atom. The molecular weight excluding hydrogens is 349 g/mol. The van der Waals surface area contributed by atoms with E-state index in [1.165, 1.54) is 17.0 Å². The molecule has 0 saturated carbocycles. The van der Waals surface area contributed by atoms with Crippen LogP contribution in [0.1, 0.15) is 31.9 Å². The van der Waals surface area contributed by atoms with Crippen molar-refractivity contribution in [2.24, 2.45) is 0 Å². The SMILES string of the molecule is CCSc1ccc(C2=C(C)[N+](CC)(CC(=O)O)c3ccc(F)cc32)cc1. The third-order valence-corrected chi connectivity index (χ3v) is 5.99. The molecule has 0 aromatic heterocycles. The number of carboxylic acids is 1. The van der Waals surface area contributed by atoms with Gasteiger partial charge in [0.2, 0.25) is 0 Å². The maximum atomic E-state index is 14.0. The van der Waals surface area contributed by atoms with Gasteiger partial charge in [-0.2, -0.15) is 0 Å². The number of halogens is 1. The van der Waals surface area contributed by atoms with Crippen LogP contribution in [0.25, 0.3) is 5.57 Å². The van der Waals surface area contributed by atoms with E-state index >= 15 is 0 Å². The van der Waals surface area contributed by atoms with Gasteiger partial charge in [0.15, 0.2) is 6.54 Å². The molecule has 0 bridgehead atoms. The molecule has 2 aromatic carbocycles. The van der Waals surface area contributed by atoms with Gasteiger partial charge in [0.1, 0.15) is 17.2 Å². The highest BCUT2D eigenvalue weighted by Crippen LogP contribution is 2.48. The van der Waals surface area contributed by atoms with Gasteiger partial charge in [0.25, 0.3) is 0 Å². The minimum atomic E-state index is -0.864. The van der Waals surface area contributed by atoms with Gasteiger partial charge in [0.05, 0.1) is 17.7 Å². The first-order chi connectivity index (χ1) is 12.4. The molecule has 0 aliphatic carbocycles. The van der Waals surface area contributed by atoms with Gasteiger partial charge in [-0.15, -0.1) is 11.8 Å². The molecule has 1 N–H and O–H groups in total. The van der Waals surface area contributed by atoms with Crippen molar-refractivity contribution >= 4 is 29.0 Å². The van der Waals surface area contributed by atoms with Crippen LogP contribution >= 0.6 is 11.8 Å². The van der Waals surface area contributed by atoms with Crippen LogP contribution in [0.3, 0.4) is 0 Å². The zero-order valence-corrected chi connectivity index (χ0v) is 16.1. The standard InChI is InChI=1S/C21H22FNO2S/c1-4-23(13-20(24)25)14(3)21(18-12-16(22)8-11-19(18)23)15-6-9-17(10-7-15)26-5-2/h6-12H,4-5,13H2,1-3H3/p+1. The van der Waals surface area contributed by atoms with E-state index < -0.39 is 5.97 Å². The lowest BCUT2D eigenvalue weighted by molar-refractivity contribution is -0.137. The Balaban J connectivity index is 2.20. The predicted molar refractivity (Wildman–Crippen MR) is 106 cm³/mol. The maximum Gasteiger partial charge on any atom is 0.360 e. The molecule has 0 radical (unpaired) electrons.